The minimum Gasteiger partial charge on any atom is -0.394 e. The maximum Gasteiger partial charge on any atom is 0.0948 e. The lowest BCUT2D eigenvalue weighted by atomic mass is 9.98. The van der Waals surface area contributed by atoms with Gasteiger partial charge in [0.1, 0.15) is 0 Å². The molecule has 1 rings (SSSR count). The zero-order chi connectivity index (χ0) is 12.0. The maximum absolute atomic E-state index is 9.29. The van der Waals surface area contributed by atoms with Gasteiger partial charge in [0.2, 0.25) is 0 Å². The predicted molar refractivity (Wildman–Crippen MR) is 61.9 cm³/mol. The van der Waals surface area contributed by atoms with Crippen molar-refractivity contribution in [2.24, 2.45) is 0 Å². The van der Waals surface area contributed by atoms with Crippen molar-refractivity contribution < 1.29 is 10.2 Å². The molecule has 0 atom stereocenters. The lowest BCUT2D eigenvalue weighted by Gasteiger charge is -2.29. The molecule has 0 saturated carbocycles. The van der Waals surface area contributed by atoms with E-state index in [1.807, 2.05) is 11.5 Å². The molecule has 1 aromatic heterocycles. The second kappa shape index (κ2) is 5.98. The highest BCUT2D eigenvalue weighted by atomic mass is 16.3. The van der Waals surface area contributed by atoms with Crippen LogP contribution in [0.3, 0.4) is 0 Å². The van der Waals surface area contributed by atoms with E-state index in [1.54, 1.807) is 12.5 Å². The van der Waals surface area contributed by atoms with Crippen molar-refractivity contribution in [2.45, 2.75) is 38.9 Å². The monoisotopic (exact) mass is 227 g/mol. The number of nitrogens with one attached hydrogen (secondary N) is 1. The van der Waals surface area contributed by atoms with E-state index >= 15 is 0 Å². The van der Waals surface area contributed by atoms with Crippen molar-refractivity contribution in [3.8, 4) is 0 Å². The van der Waals surface area contributed by atoms with Gasteiger partial charge in [0, 0.05) is 19.3 Å². The van der Waals surface area contributed by atoms with Crippen molar-refractivity contribution in [2.75, 3.05) is 13.2 Å². The third kappa shape index (κ3) is 2.81. The summed E-state index contributed by atoms with van der Waals surface area (Å²) in [6, 6.07) is 0. The van der Waals surface area contributed by atoms with E-state index in [9.17, 15) is 10.2 Å². The molecule has 0 spiro atoms. The summed E-state index contributed by atoms with van der Waals surface area (Å²) in [6.07, 6.45) is 4.26. The Balaban J connectivity index is 2.62. The Kier molecular flexibility index (Phi) is 4.92. The highest BCUT2D eigenvalue weighted by molar-refractivity contribution is 5.00. The molecule has 0 fully saturated rings. The van der Waals surface area contributed by atoms with Crippen molar-refractivity contribution in [1.29, 1.82) is 0 Å². The van der Waals surface area contributed by atoms with Gasteiger partial charge in [-0.15, -0.1) is 0 Å². The van der Waals surface area contributed by atoms with Gasteiger partial charge in [0.05, 0.1) is 30.8 Å². The fourth-order valence-corrected chi connectivity index (χ4v) is 1.57. The molecule has 0 bridgehead atoms. The fourth-order valence-electron chi connectivity index (χ4n) is 1.57. The SMILES string of the molecule is CCn1cncc1CNC(CC)(CO)CO. The maximum atomic E-state index is 9.29. The van der Waals surface area contributed by atoms with Gasteiger partial charge in [0.25, 0.3) is 0 Å². The number of aliphatic hydroxyl groups is 2. The molecule has 3 N–H and O–H groups in total. The van der Waals surface area contributed by atoms with Crippen LogP contribution in [0.2, 0.25) is 0 Å². The summed E-state index contributed by atoms with van der Waals surface area (Å²) in [4.78, 5) is 4.07. The Hall–Kier alpha value is -0.910. The van der Waals surface area contributed by atoms with Crippen LogP contribution in [0.4, 0.5) is 0 Å². The van der Waals surface area contributed by atoms with Crippen LogP contribution in [-0.4, -0.2) is 38.5 Å². The van der Waals surface area contributed by atoms with Crippen LogP contribution in [0.5, 0.6) is 0 Å². The number of hydrogen-bond acceptors (Lipinski definition) is 4. The second-order valence-electron chi connectivity index (χ2n) is 3.97. The molecule has 16 heavy (non-hydrogen) atoms. The number of imidazole rings is 1. The molecular formula is C11H21N3O2. The van der Waals surface area contributed by atoms with E-state index in [2.05, 4.69) is 17.2 Å². The van der Waals surface area contributed by atoms with Crippen molar-refractivity contribution in [1.82, 2.24) is 14.9 Å². The summed E-state index contributed by atoms with van der Waals surface area (Å²) >= 11 is 0. The molecule has 0 amide bonds. The lowest BCUT2D eigenvalue weighted by molar-refractivity contribution is 0.0859. The Morgan fingerprint density at radius 2 is 2.06 bits per heavy atom. The molecule has 5 nitrogen and oxygen atoms in total. The van der Waals surface area contributed by atoms with Gasteiger partial charge in [-0.05, 0) is 13.3 Å². The highest BCUT2D eigenvalue weighted by Crippen LogP contribution is 2.10. The number of rotatable bonds is 7. The second-order valence-corrected chi connectivity index (χ2v) is 3.97. The molecule has 0 aromatic carbocycles. The van der Waals surface area contributed by atoms with E-state index in [1.165, 1.54) is 0 Å². The topological polar surface area (TPSA) is 70.3 Å². The van der Waals surface area contributed by atoms with Crippen LogP contribution in [0.1, 0.15) is 26.0 Å². The first-order valence-corrected chi connectivity index (χ1v) is 5.67. The van der Waals surface area contributed by atoms with Gasteiger partial charge < -0.3 is 20.1 Å². The van der Waals surface area contributed by atoms with Gasteiger partial charge in [-0.3, -0.25) is 0 Å². The van der Waals surface area contributed by atoms with Crippen LogP contribution in [0.25, 0.3) is 0 Å². The number of aromatic nitrogens is 2. The lowest BCUT2D eigenvalue weighted by Crippen LogP contribution is -2.51. The fraction of sp³-hybridized carbons (Fsp3) is 0.727. The zero-order valence-corrected chi connectivity index (χ0v) is 9.98. The van der Waals surface area contributed by atoms with Crippen LogP contribution >= 0.6 is 0 Å². The average Bonchev–Trinajstić information content (AvgIpc) is 2.79. The molecule has 0 unspecified atom stereocenters. The van der Waals surface area contributed by atoms with Crippen molar-refractivity contribution in [3.63, 3.8) is 0 Å². The van der Waals surface area contributed by atoms with Gasteiger partial charge in [-0.2, -0.15) is 0 Å². The Bertz CT molecular complexity index is 300. The first kappa shape index (κ1) is 13.2. The summed E-state index contributed by atoms with van der Waals surface area (Å²) in [5, 5.41) is 21.8. The molecule has 0 aliphatic carbocycles. The summed E-state index contributed by atoms with van der Waals surface area (Å²) in [7, 11) is 0. The summed E-state index contributed by atoms with van der Waals surface area (Å²) in [6.45, 7) is 5.32. The highest BCUT2D eigenvalue weighted by Gasteiger charge is 2.25. The molecule has 92 valence electrons. The average molecular weight is 227 g/mol. The smallest absolute Gasteiger partial charge is 0.0948 e. The van der Waals surface area contributed by atoms with Crippen molar-refractivity contribution >= 4 is 0 Å². The molecule has 0 aliphatic rings. The van der Waals surface area contributed by atoms with Crippen LogP contribution in [0.15, 0.2) is 12.5 Å². The zero-order valence-electron chi connectivity index (χ0n) is 9.98. The first-order valence-electron chi connectivity index (χ1n) is 5.67. The Morgan fingerprint density at radius 3 is 2.56 bits per heavy atom. The molecule has 1 aromatic rings. The van der Waals surface area contributed by atoms with Gasteiger partial charge in [-0.25, -0.2) is 4.98 Å². The van der Waals surface area contributed by atoms with E-state index in [4.69, 9.17) is 0 Å². The van der Waals surface area contributed by atoms with Crippen LogP contribution < -0.4 is 5.32 Å². The summed E-state index contributed by atoms with van der Waals surface area (Å²) in [5.41, 5.74) is 0.463. The minimum atomic E-state index is -0.594. The van der Waals surface area contributed by atoms with Gasteiger partial charge in [-0.1, -0.05) is 6.92 Å². The largest absolute Gasteiger partial charge is 0.394 e. The Morgan fingerprint density at radius 1 is 1.38 bits per heavy atom. The number of nitrogens with zero attached hydrogens (tertiary/aromatic N) is 2. The molecule has 0 saturated heterocycles. The van der Waals surface area contributed by atoms with E-state index < -0.39 is 5.54 Å². The van der Waals surface area contributed by atoms with Crippen LogP contribution in [-0.2, 0) is 13.1 Å². The molecule has 5 heteroatoms. The summed E-state index contributed by atoms with van der Waals surface area (Å²) in [5.74, 6) is 0. The molecular weight excluding hydrogens is 206 g/mol. The molecule has 1 heterocycles. The minimum absolute atomic E-state index is 0.0692. The normalized spacial score (nSPS) is 12.0. The van der Waals surface area contributed by atoms with Gasteiger partial charge in [0.15, 0.2) is 0 Å². The van der Waals surface area contributed by atoms with E-state index in [0.29, 0.717) is 13.0 Å². The van der Waals surface area contributed by atoms with Crippen LogP contribution in [0, 0.1) is 0 Å². The molecule has 0 aliphatic heterocycles. The standard InChI is InChI=1S/C11H21N3O2/c1-3-11(7-15,8-16)13-6-10-5-12-9-14(10)4-2/h5,9,13,15-16H,3-4,6-8H2,1-2H3. The quantitative estimate of drug-likeness (QED) is 0.619. The van der Waals surface area contributed by atoms with Crippen molar-refractivity contribution in [3.05, 3.63) is 18.2 Å². The first-order chi connectivity index (χ1) is 7.71. The number of hydrogen-bond donors (Lipinski definition) is 3. The number of aryl methyl sites for hydroxylation is 1. The predicted octanol–water partition coefficient (Wildman–Crippen LogP) is 0.126. The number of aliphatic hydroxyl groups excluding tert-OH is 2. The van der Waals surface area contributed by atoms with E-state index in [0.717, 1.165) is 12.2 Å². The molecule has 0 radical (unpaired) electrons. The Labute approximate surface area is 96.1 Å². The van der Waals surface area contributed by atoms with Gasteiger partial charge >= 0.3 is 0 Å². The third-order valence-electron chi connectivity index (χ3n) is 3.07. The third-order valence-corrected chi connectivity index (χ3v) is 3.07. The van der Waals surface area contributed by atoms with E-state index in [-0.39, 0.29) is 13.2 Å². The summed E-state index contributed by atoms with van der Waals surface area (Å²) < 4.78 is 2.03.